The van der Waals surface area contributed by atoms with E-state index in [9.17, 15) is 23.1 Å². The number of halogens is 3. The molecule has 0 amide bonds. The van der Waals surface area contributed by atoms with Crippen molar-refractivity contribution in [2.45, 2.75) is 51.1 Å². The number of aromatic nitrogens is 2. The van der Waals surface area contributed by atoms with Crippen molar-refractivity contribution in [1.82, 2.24) is 10.1 Å². The van der Waals surface area contributed by atoms with Gasteiger partial charge in [0.05, 0.1) is 16.6 Å². The van der Waals surface area contributed by atoms with Crippen molar-refractivity contribution in [3.8, 4) is 11.3 Å². The molecule has 1 spiro atoms. The average Bonchev–Trinajstić information content (AvgIpc) is 3.69. The van der Waals surface area contributed by atoms with Crippen LogP contribution >= 0.6 is 0 Å². The largest absolute Gasteiger partial charge is 0.478 e. The van der Waals surface area contributed by atoms with Crippen LogP contribution in [0.25, 0.3) is 27.7 Å². The van der Waals surface area contributed by atoms with E-state index >= 15 is 0 Å². The molecule has 1 saturated carbocycles. The molecule has 2 aromatic heterocycles. The number of alkyl halides is 3. The van der Waals surface area contributed by atoms with Crippen LogP contribution in [0.3, 0.4) is 0 Å². The number of benzene rings is 2. The molecule has 3 heterocycles. The molecule has 4 aromatic rings. The van der Waals surface area contributed by atoms with Crippen LogP contribution in [-0.2, 0) is 6.18 Å². The van der Waals surface area contributed by atoms with E-state index in [4.69, 9.17) is 4.52 Å². The second kappa shape index (κ2) is 9.19. The van der Waals surface area contributed by atoms with Crippen LogP contribution in [-0.4, -0.2) is 34.3 Å². The number of piperidine rings is 1. The summed E-state index contributed by atoms with van der Waals surface area (Å²) in [6.07, 6.45) is 3.75. The van der Waals surface area contributed by atoms with Gasteiger partial charge < -0.3 is 14.5 Å². The minimum atomic E-state index is -4.48. The Kier molecular flexibility index (Phi) is 5.78. The van der Waals surface area contributed by atoms with Gasteiger partial charge in [0.1, 0.15) is 11.5 Å². The predicted octanol–water partition coefficient (Wildman–Crippen LogP) is 7.87. The third-order valence-corrected chi connectivity index (χ3v) is 8.92. The summed E-state index contributed by atoms with van der Waals surface area (Å²) in [4.78, 5) is 18.1. The highest BCUT2D eigenvalue weighted by Gasteiger charge is 2.45. The van der Waals surface area contributed by atoms with Gasteiger partial charge in [0.2, 0.25) is 0 Å². The summed E-state index contributed by atoms with van der Waals surface area (Å²) in [7, 11) is 0. The van der Waals surface area contributed by atoms with E-state index in [1.54, 1.807) is 12.1 Å². The normalized spacial score (nSPS) is 18.4. The molecule has 1 N–H and O–H groups in total. The fourth-order valence-electron chi connectivity index (χ4n) is 6.55. The van der Waals surface area contributed by atoms with E-state index in [0.717, 1.165) is 90.3 Å². The van der Waals surface area contributed by atoms with Gasteiger partial charge in [-0.2, -0.15) is 13.2 Å². The van der Waals surface area contributed by atoms with Gasteiger partial charge in [-0.1, -0.05) is 35.5 Å². The van der Waals surface area contributed by atoms with Crippen molar-refractivity contribution in [2.75, 3.05) is 18.0 Å². The Morgan fingerprint density at radius 2 is 1.85 bits per heavy atom. The molecule has 2 fully saturated rings. The zero-order chi connectivity index (χ0) is 28.5. The van der Waals surface area contributed by atoms with Crippen LogP contribution in [0.2, 0.25) is 0 Å². The third kappa shape index (κ3) is 4.38. The summed E-state index contributed by atoms with van der Waals surface area (Å²) in [6.45, 7) is 3.70. The van der Waals surface area contributed by atoms with Crippen molar-refractivity contribution >= 4 is 28.1 Å². The van der Waals surface area contributed by atoms with Crippen LogP contribution in [0.5, 0.6) is 0 Å². The van der Waals surface area contributed by atoms with Crippen LogP contribution in [0.4, 0.5) is 18.9 Å². The molecule has 2 aliphatic carbocycles. The second-order valence-electron chi connectivity index (χ2n) is 11.6. The number of aryl methyl sites for hydroxylation is 1. The minimum absolute atomic E-state index is 0.00410. The van der Waals surface area contributed by atoms with Crippen molar-refractivity contribution < 1.29 is 27.6 Å². The first-order valence-electron chi connectivity index (χ1n) is 13.9. The van der Waals surface area contributed by atoms with Crippen molar-refractivity contribution in [3.63, 3.8) is 0 Å². The molecule has 0 unspecified atom stereocenters. The Labute approximate surface area is 234 Å². The number of carbonyl (C=O) groups is 1. The summed E-state index contributed by atoms with van der Waals surface area (Å²) >= 11 is 0. The number of allylic oxidation sites excluding steroid dienone is 2. The highest BCUT2D eigenvalue weighted by atomic mass is 19.4. The molecule has 41 heavy (non-hydrogen) atoms. The number of rotatable bonds is 5. The highest BCUT2D eigenvalue weighted by molar-refractivity contribution is 5.94. The Balaban J connectivity index is 1.15. The molecular weight excluding hydrogens is 531 g/mol. The van der Waals surface area contributed by atoms with Crippen LogP contribution in [0.15, 0.2) is 59.3 Å². The van der Waals surface area contributed by atoms with E-state index in [1.165, 1.54) is 18.3 Å². The Bertz CT molecular complexity index is 1730. The molecule has 7 rings (SSSR count). The lowest BCUT2D eigenvalue weighted by Gasteiger charge is -2.47. The molecule has 1 saturated heterocycles. The smallest absolute Gasteiger partial charge is 0.417 e. The average molecular weight is 560 g/mol. The van der Waals surface area contributed by atoms with Gasteiger partial charge in [-0.3, -0.25) is 4.98 Å². The number of carboxylic acid groups (broad SMARTS) is 1. The highest BCUT2D eigenvalue weighted by Crippen LogP contribution is 2.56. The van der Waals surface area contributed by atoms with Crippen LogP contribution < -0.4 is 4.90 Å². The molecule has 1 aliphatic heterocycles. The van der Waals surface area contributed by atoms with E-state index in [0.29, 0.717) is 5.69 Å². The molecule has 0 radical (unpaired) electrons. The van der Waals surface area contributed by atoms with Gasteiger partial charge >= 0.3 is 12.1 Å². The number of carboxylic acids is 1. The fourth-order valence-corrected chi connectivity index (χ4v) is 6.55. The Hall–Kier alpha value is -4.14. The predicted molar refractivity (Wildman–Crippen MR) is 149 cm³/mol. The topological polar surface area (TPSA) is 79.5 Å². The minimum Gasteiger partial charge on any atom is -0.478 e. The monoisotopic (exact) mass is 559 g/mol. The van der Waals surface area contributed by atoms with Gasteiger partial charge in [-0.05, 0) is 73.8 Å². The number of nitrogens with zero attached hydrogens (tertiary/aromatic N) is 3. The van der Waals surface area contributed by atoms with Gasteiger partial charge in [0.15, 0.2) is 0 Å². The lowest BCUT2D eigenvalue weighted by molar-refractivity contribution is -0.137. The summed E-state index contributed by atoms with van der Waals surface area (Å²) < 4.78 is 47.3. The van der Waals surface area contributed by atoms with E-state index < -0.39 is 17.7 Å². The zero-order valence-electron chi connectivity index (χ0n) is 22.5. The number of hydrogen-bond acceptors (Lipinski definition) is 5. The number of aromatic carboxylic acids is 1. The SMILES string of the molecule is Cc1c(N2CCC3(C=C(c4c(-c5ccccc5C(F)(F)F)noc4C4CC4)C3)CC2)ccc2cc(C(=O)O)cnc12. The first kappa shape index (κ1) is 25.8. The van der Waals surface area contributed by atoms with Crippen LogP contribution in [0, 0.1) is 12.3 Å². The van der Waals surface area contributed by atoms with Crippen LogP contribution in [0.1, 0.15) is 70.8 Å². The number of fused-ring (bicyclic) bond motifs is 1. The number of anilines is 1. The number of hydrogen-bond donors (Lipinski definition) is 1. The van der Waals surface area contributed by atoms with Gasteiger partial charge in [-0.25, -0.2) is 4.79 Å². The summed E-state index contributed by atoms with van der Waals surface area (Å²) in [6, 6.07) is 11.2. The molecule has 210 valence electrons. The fraction of sp³-hybridized carbons (Fsp3) is 0.344. The summed E-state index contributed by atoms with van der Waals surface area (Å²) in [5, 5.41) is 14.3. The standard InChI is InChI=1S/C32H28F3N3O3/c1-18-25(9-8-20-14-21(30(39)40)17-36-27(18)20)38-12-10-31(11-13-38)15-22(16-31)26-28(37-41-29(26)19-6-7-19)23-4-2-3-5-24(23)32(33,34)35/h2-5,8-9,14-15,17,19H,6-7,10-13,16H2,1H3,(H,39,40). The lowest BCUT2D eigenvalue weighted by atomic mass is 9.63. The maximum absolute atomic E-state index is 13.9. The molecular formula is C32H28F3N3O3. The van der Waals surface area contributed by atoms with E-state index in [1.807, 2.05) is 19.1 Å². The number of pyridine rings is 1. The first-order chi connectivity index (χ1) is 19.6. The Morgan fingerprint density at radius 1 is 1.12 bits per heavy atom. The van der Waals surface area contributed by atoms with Crippen molar-refractivity contribution in [2.24, 2.45) is 5.41 Å². The summed E-state index contributed by atoms with van der Waals surface area (Å²) in [5.41, 5.74) is 4.54. The Morgan fingerprint density at radius 3 is 2.54 bits per heavy atom. The molecule has 0 bridgehead atoms. The molecule has 0 atom stereocenters. The van der Waals surface area contributed by atoms with Gasteiger partial charge in [-0.15, -0.1) is 0 Å². The third-order valence-electron chi connectivity index (χ3n) is 8.92. The molecule has 6 nitrogen and oxygen atoms in total. The van der Waals surface area contributed by atoms with Gasteiger partial charge in [0.25, 0.3) is 0 Å². The zero-order valence-corrected chi connectivity index (χ0v) is 22.5. The quantitative estimate of drug-likeness (QED) is 0.268. The maximum Gasteiger partial charge on any atom is 0.417 e. The molecule has 3 aliphatic rings. The molecule has 2 aromatic carbocycles. The maximum atomic E-state index is 13.9. The van der Waals surface area contributed by atoms with E-state index in [-0.39, 0.29) is 22.5 Å². The van der Waals surface area contributed by atoms with Crippen molar-refractivity contribution in [1.29, 1.82) is 0 Å². The molecule has 9 heteroatoms. The second-order valence-corrected chi connectivity index (χ2v) is 11.6. The first-order valence-corrected chi connectivity index (χ1v) is 13.9. The van der Waals surface area contributed by atoms with Gasteiger partial charge in [0, 0.05) is 47.4 Å². The van der Waals surface area contributed by atoms with Crippen molar-refractivity contribution in [3.05, 3.63) is 82.8 Å². The lowest BCUT2D eigenvalue weighted by Crippen LogP contribution is -2.42. The van der Waals surface area contributed by atoms with E-state index in [2.05, 4.69) is 21.1 Å². The summed E-state index contributed by atoms with van der Waals surface area (Å²) in [5.74, 6) is -0.0527.